The van der Waals surface area contributed by atoms with Crippen LogP contribution in [0.2, 0.25) is 0 Å². The lowest BCUT2D eigenvalue weighted by Crippen LogP contribution is -2.71. The number of hydrogen-bond acceptors (Lipinski definition) is 2. The van der Waals surface area contributed by atoms with Crippen molar-refractivity contribution in [3.05, 3.63) is 12.2 Å². The topological polar surface area (TPSA) is 29.5 Å². The molecule has 0 N–H and O–H groups in total. The molecule has 80 valence electrons. The molecule has 1 heterocycles. The van der Waals surface area contributed by atoms with E-state index >= 15 is 0 Å². The maximum absolute atomic E-state index is 11.7. The summed E-state index contributed by atoms with van der Waals surface area (Å²) in [6.45, 7) is 11.9. The van der Waals surface area contributed by atoms with Crippen LogP contribution in [0.1, 0.15) is 27.7 Å². The van der Waals surface area contributed by atoms with Gasteiger partial charge < -0.3 is 9.64 Å². The Hall–Kier alpha value is -0.830. The van der Waals surface area contributed by atoms with Crippen LogP contribution in [0.4, 0.5) is 0 Å². The Morgan fingerprint density at radius 3 is 2.29 bits per heavy atom. The molecular weight excluding hydrogens is 178 g/mol. The molecule has 14 heavy (non-hydrogen) atoms. The van der Waals surface area contributed by atoms with E-state index in [1.165, 1.54) is 0 Å². The van der Waals surface area contributed by atoms with E-state index in [2.05, 4.69) is 6.58 Å². The maximum Gasteiger partial charge on any atom is 0.255 e. The Kier molecular flexibility index (Phi) is 2.72. The molecule has 0 radical (unpaired) electrons. The molecule has 0 saturated carbocycles. The first-order valence-electron chi connectivity index (χ1n) is 4.82. The third-order valence-corrected chi connectivity index (χ3v) is 2.53. The van der Waals surface area contributed by atoms with Gasteiger partial charge in [-0.05, 0) is 27.7 Å². The van der Waals surface area contributed by atoms with Crippen molar-refractivity contribution in [2.45, 2.75) is 45.4 Å². The summed E-state index contributed by atoms with van der Waals surface area (Å²) in [6, 6.07) is 0.0347. The zero-order chi connectivity index (χ0) is 11.1. The first kappa shape index (κ1) is 11.2. The minimum atomic E-state index is -0.327. The Labute approximate surface area is 85.7 Å². The highest BCUT2D eigenvalue weighted by Gasteiger charge is 2.52. The Bertz CT molecular complexity index is 265. The first-order valence-corrected chi connectivity index (χ1v) is 4.82. The van der Waals surface area contributed by atoms with Gasteiger partial charge in [-0.25, -0.2) is 0 Å². The van der Waals surface area contributed by atoms with Crippen LogP contribution in [0.5, 0.6) is 0 Å². The normalized spacial score (nSPS) is 27.5. The van der Waals surface area contributed by atoms with Gasteiger partial charge in [0, 0.05) is 12.6 Å². The second kappa shape index (κ2) is 3.39. The van der Waals surface area contributed by atoms with Gasteiger partial charge >= 0.3 is 0 Å². The van der Waals surface area contributed by atoms with Gasteiger partial charge in [0.05, 0.1) is 6.04 Å². The molecule has 0 aromatic carbocycles. The molecule has 3 heteroatoms. The van der Waals surface area contributed by atoms with Crippen LogP contribution in [0.3, 0.4) is 0 Å². The van der Waals surface area contributed by atoms with Crippen molar-refractivity contribution in [3.8, 4) is 0 Å². The van der Waals surface area contributed by atoms with Crippen LogP contribution in [0.15, 0.2) is 12.2 Å². The molecule has 1 amide bonds. The predicted octanol–water partition coefficient (Wildman–Crippen LogP) is 1.59. The van der Waals surface area contributed by atoms with Gasteiger partial charge in [0.15, 0.2) is 6.10 Å². The van der Waals surface area contributed by atoms with E-state index < -0.39 is 0 Å². The Morgan fingerprint density at radius 2 is 2.00 bits per heavy atom. The molecule has 1 fully saturated rings. The minimum absolute atomic E-state index is 0.0347. The van der Waals surface area contributed by atoms with Gasteiger partial charge in [-0.15, -0.1) is 0 Å². The fourth-order valence-electron chi connectivity index (χ4n) is 1.92. The fraction of sp³-hybridized carbons (Fsp3) is 0.727. The average molecular weight is 197 g/mol. The first-order chi connectivity index (χ1) is 6.30. The number of nitrogens with zero attached hydrogens (tertiary/aromatic N) is 1. The van der Waals surface area contributed by atoms with Crippen LogP contribution >= 0.6 is 0 Å². The molecule has 0 aromatic heterocycles. The number of ether oxygens (including phenoxy) is 1. The van der Waals surface area contributed by atoms with Crippen molar-refractivity contribution in [2.24, 2.45) is 0 Å². The van der Waals surface area contributed by atoms with Crippen molar-refractivity contribution < 1.29 is 9.53 Å². The Morgan fingerprint density at radius 1 is 1.50 bits per heavy atom. The lowest BCUT2D eigenvalue weighted by atomic mass is 9.86. The van der Waals surface area contributed by atoms with Crippen molar-refractivity contribution in [3.63, 3.8) is 0 Å². The SMILES string of the molecule is C=C(C)[C@H]1[C@@H](OC)C(=O)N1C(C)(C)C. The molecule has 1 saturated heterocycles. The molecule has 1 aliphatic heterocycles. The molecule has 1 aliphatic rings. The molecule has 0 spiro atoms. The van der Waals surface area contributed by atoms with E-state index in [0.29, 0.717) is 0 Å². The van der Waals surface area contributed by atoms with E-state index in [4.69, 9.17) is 4.74 Å². The highest BCUT2D eigenvalue weighted by molar-refractivity contribution is 5.90. The number of carbonyl (C=O) groups excluding carboxylic acids is 1. The minimum Gasteiger partial charge on any atom is -0.369 e. The van der Waals surface area contributed by atoms with Crippen molar-refractivity contribution in [1.82, 2.24) is 4.90 Å². The van der Waals surface area contributed by atoms with Crippen molar-refractivity contribution in [2.75, 3.05) is 7.11 Å². The highest BCUT2D eigenvalue weighted by atomic mass is 16.5. The van der Waals surface area contributed by atoms with Gasteiger partial charge in [0.1, 0.15) is 0 Å². The zero-order valence-electron chi connectivity index (χ0n) is 9.63. The summed E-state index contributed by atoms with van der Waals surface area (Å²) in [7, 11) is 1.57. The second-order valence-electron chi connectivity index (χ2n) is 4.83. The number of methoxy groups -OCH3 is 1. The van der Waals surface area contributed by atoms with E-state index in [-0.39, 0.29) is 23.6 Å². The maximum atomic E-state index is 11.7. The number of rotatable bonds is 2. The molecule has 0 bridgehead atoms. The molecule has 2 atom stereocenters. The van der Waals surface area contributed by atoms with Gasteiger partial charge in [0.2, 0.25) is 0 Å². The van der Waals surface area contributed by atoms with Crippen molar-refractivity contribution >= 4 is 5.91 Å². The predicted molar refractivity (Wildman–Crippen MR) is 56.0 cm³/mol. The summed E-state index contributed by atoms with van der Waals surface area (Å²) < 4.78 is 5.15. The number of carbonyl (C=O) groups is 1. The Balaban J connectivity index is 2.89. The lowest BCUT2D eigenvalue weighted by Gasteiger charge is -2.53. The molecular formula is C11H19NO2. The summed E-state index contributed by atoms with van der Waals surface area (Å²) in [6.07, 6.45) is -0.327. The smallest absolute Gasteiger partial charge is 0.255 e. The third kappa shape index (κ3) is 1.57. The number of hydrogen-bond donors (Lipinski definition) is 0. The third-order valence-electron chi connectivity index (χ3n) is 2.53. The number of β-lactam (4-membered cyclic amide) rings is 1. The van der Waals surface area contributed by atoms with E-state index in [0.717, 1.165) is 5.57 Å². The van der Waals surface area contributed by atoms with Crippen LogP contribution in [0.25, 0.3) is 0 Å². The largest absolute Gasteiger partial charge is 0.369 e. The van der Waals surface area contributed by atoms with Gasteiger partial charge in [0.25, 0.3) is 5.91 Å². The molecule has 1 rings (SSSR count). The van der Waals surface area contributed by atoms with Gasteiger partial charge in [-0.2, -0.15) is 0 Å². The van der Waals surface area contributed by atoms with E-state index in [1.54, 1.807) is 7.11 Å². The summed E-state index contributed by atoms with van der Waals surface area (Å²) in [5.41, 5.74) is 0.821. The standard InChI is InChI=1S/C11H19NO2/c1-7(2)8-9(14-6)10(13)12(8)11(3,4)5/h8-9H,1H2,2-6H3/t8-,9+/m0/s1. The lowest BCUT2D eigenvalue weighted by molar-refractivity contribution is -0.176. The van der Waals surface area contributed by atoms with Gasteiger partial charge in [-0.1, -0.05) is 12.2 Å². The molecule has 0 aliphatic carbocycles. The van der Waals surface area contributed by atoms with Crippen LogP contribution in [-0.2, 0) is 9.53 Å². The zero-order valence-corrected chi connectivity index (χ0v) is 9.63. The monoisotopic (exact) mass is 197 g/mol. The fourth-order valence-corrected chi connectivity index (χ4v) is 1.92. The summed E-state index contributed by atoms with van der Waals surface area (Å²) >= 11 is 0. The summed E-state index contributed by atoms with van der Waals surface area (Å²) in [4.78, 5) is 13.6. The molecule has 0 unspecified atom stereocenters. The van der Waals surface area contributed by atoms with E-state index in [1.807, 2.05) is 32.6 Å². The second-order valence-corrected chi connectivity index (χ2v) is 4.83. The van der Waals surface area contributed by atoms with E-state index in [9.17, 15) is 4.79 Å². The van der Waals surface area contributed by atoms with Crippen LogP contribution < -0.4 is 0 Å². The number of likely N-dealkylation sites (tertiary alicyclic amines) is 1. The number of amides is 1. The van der Waals surface area contributed by atoms with Crippen LogP contribution in [0, 0.1) is 0 Å². The highest BCUT2D eigenvalue weighted by Crippen LogP contribution is 2.34. The molecule has 3 nitrogen and oxygen atoms in total. The summed E-state index contributed by atoms with van der Waals surface area (Å²) in [5, 5.41) is 0. The van der Waals surface area contributed by atoms with Crippen molar-refractivity contribution in [1.29, 1.82) is 0 Å². The quantitative estimate of drug-likeness (QED) is 0.497. The summed E-state index contributed by atoms with van der Waals surface area (Å²) in [5.74, 6) is 0.0630. The van der Waals surface area contributed by atoms with Crippen LogP contribution in [-0.4, -0.2) is 35.6 Å². The molecule has 0 aromatic rings. The van der Waals surface area contributed by atoms with Gasteiger partial charge in [-0.3, -0.25) is 4.79 Å². The average Bonchev–Trinajstić information content (AvgIpc) is 1.97.